The Morgan fingerprint density at radius 2 is 1.78 bits per heavy atom. The van der Waals surface area contributed by atoms with Gasteiger partial charge < -0.3 is 16.3 Å². The highest BCUT2D eigenvalue weighted by molar-refractivity contribution is 5.95. The molecule has 1 aliphatic carbocycles. The SMILES string of the molecule is Cc1cc[n+]([O-])c(C)c1-c1ccc(NC(=O)[C@@H](N)C2CCC(C)CC2)cc1. The number of benzene rings is 1. The van der Waals surface area contributed by atoms with Gasteiger partial charge in [0.05, 0.1) is 11.6 Å². The molecule has 1 amide bonds. The quantitative estimate of drug-likeness (QED) is 0.638. The zero-order chi connectivity index (χ0) is 19.6. The molecule has 1 atom stereocenters. The Kier molecular flexibility index (Phi) is 5.80. The minimum atomic E-state index is -0.463. The van der Waals surface area contributed by atoms with Crippen LogP contribution in [-0.2, 0) is 4.79 Å². The number of aromatic nitrogens is 1. The van der Waals surface area contributed by atoms with Gasteiger partial charge in [-0.05, 0) is 54.9 Å². The van der Waals surface area contributed by atoms with Crippen LogP contribution in [0.15, 0.2) is 36.5 Å². The summed E-state index contributed by atoms with van der Waals surface area (Å²) in [6.07, 6.45) is 5.87. The zero-order valence-electron chi connectivity index (χ0n) is 16.4. The van der Waals surface area contributed by atoms with Crippen molar-refractivity contribution < 1.29 is 9.52 Å². The van der Waals surface area contributed by atoms with Gasteiger partial charge >= 0.3 is 0 Å². The Labute approximate surface area is 161 Å². The Bertz CT molecular complexity index is 809. The van der Waals surface area contributed by atoms with Gasteiger partial charge in [-0.1, -0.05) is 31.9 Å². The van der Waals surface area contributed by atoms with E-state index in [-0.39, 0.29) is 11.8 Å². The number of nitrogens with one attached hydrogen (secondary N) is 1. The second-order valence-electron chi connectivity index (χ2n) is 7.90. The molecule has 0 unspecified atom stereocenters. The van der Waals surface area contributed by atoms with E-state index < -0.39 is 6.04 Å². The maximum absolute atomic E-state index is 12.5. The number of aryl methyl sites for hydroxylation is 1. The summed E-state index contributed by atoms with van der Waals surface area (Å²) in [4.78, 5) is 12.5. The lowest BCUT2D eigenvalue weighted by Gasteiger charge is -2.29. The van der Waals surface area contributed by atoms with Gasteiger partial charge in [0.2, 0.25) is 5.91 Å². The van der Waals surface area contributed by atoms with Crippen LogP contribution in [0, 0.1) is 30.9 Å². The maximum atomic E-state index is 12.5. The predicted octanol–water partition coefficient (Wildman–Crippen LogP) is 3.70. The van der Waals surface area contributed by atoms with Gasteiger partial charge in [0.1, 0.15) is 0 Å². The van der Waals surface area contributed by atoms with Crippen molar-refractivity contribution in [2.24, 2.45) is 17.6 Å². The summed E-state index contributed by atoms with van der Waals surface area (Å²) in [6, 6.07) is 8.94. The Morgan fingerprint density at radius 3 is 2.41 bits per heavy atom. The lowest BCUT2D eigenvalue weighted by molar-refractivity contribution is -0.611. The predicted molar refractivity (Wildman–Crippen MR) is 108 cm³/mol. The monoisotopic (exact) mass is 367 g/mol. The summed E-state index contributed by atoms with van der Waals surface area (Å²) in [5, 5.41) is 14.8. The fourth-order valence-electron chi connectivity index (χ4n) is 4.01. The van der Waals surface area contributed by atoms with Crippen molar-refractivity contribution in [2.45, 2.75) is 52.5 Å². The normalized spacial score (nSPS) is 20.9. The first-order valence-electron chi connectivity index (χ1n) is 9.73. The van der Waals surface area contributed by atoms with E-state index in [0.29, 0.717) is 5.69 Å². The van der Waals surface area contributed by atoms with Crippen LogP contribution < -0.4 is 15.8 Å². The molecule has 1 heterocycles. The Hall–Kier alpha value is -2.40. The molecular weight excluding hydrogens is 338 g/mol. The number of pyridine rings is 1. The fourth-order valence-corrected chi connectivity index (χ4v) is 4.01. The molecule has 3 rings (SSSR count). The lowest BCUT2D eigenvalue weighted by Crippen LogP contribution is -2.43. The van der Waals surface area contributed by atoms with Crippen molar-refractivity contribution in [1.29, 1.82) is 0 Å². The van der Waals surface area contributed by atoms with E-state index in [4.69, 9.17) is 5.73 Å². The molecule has 5 nitrogen and oxygen atoms in total. The van der Waals surface area contributed by atoms with Crippen molar-refractivity contribution >= 4 is 11.6 Å². The summed E-state index contributed by atoms with van der Waals surface area (Å²) in [6.45, 7) is 6.06. The highest BCUT2D eigenvalue weighted by Crippen LogP contribution is 2.30. The second kappa shape index (κ2) is 8.09. The molecule has 1 saturated carbocycles. The zero-order valence-corrected chi connectivity index (χ0v) is 16.4. The van der Waals surface area contributed by atoms with Gasteiger partial charge in [-0.25, -0.2) is 0 Å². The topological polar surface area (TPSA) is 82.1 Å². The second-order valence-corrected chi connectivity index (χ2v) is 7.90. The molecule has 1 aliphatic rings. The fraction of sp³-hybridized carbons (Fsp3) is 0.455. The van der Waals surface area contributed by atoms with Crippen LogP contribution >= 0.6 is 0 Å². The van der Waals surface area contributed by atoms with Gasteiger partial charge in [-0.15, -0.1) is 0 Å². The summed E-state index contributed by atoms with van der Waals surface area (Å²) >= 11 is 0. The first kappa shape index (κ1) is 19.4. The van der Waals surface area contributed by atoms with Gasteiger partial charge in [0.25, 0.3) is 0 Å². The molecule has 27 heavy (non-hydrogen) atoms. The molecule has 1 aromatic heterocycles. The van der Waals surface area contributed by atoms with Crippen LogP contribution in [0.25, 0.3) is 11.1 Å². The number of nitrogens with zero attached hydrogens (tertiary/aromatic N) is 1. The molecule has 0 saturated heterocycles. The van der Waals surface area contributed by atoms with Crippen LogP contribution in [-0.4, -0.2) is 11.9 Å². The van der Waals surface area contributed by atoms with E-state index in [1.165, 1.54) is 6.20 Å². The largest absolute Gasteiger partial charge is 0.618 e. The van der Waals surface area contributed by atoms with Crippen LogP contribution in [0.4, 0.5) is 5.69 Å². The van der Waals surface area contributed by atoms with E-state index in [1.54, 1.807) is 0 Å². The molecule has 5 heteroatoms. The first-order chi connectivity index (χ1) is 12.9. The van der Waals surface area contributed by atoms with E-state index in [0.717, 1.165) is 58.7 Å². The van der Waals surface area contributed by atoms with Gasteiger partial charge in [-0.2, -0.15) is 4.73 Å². The van der Waals surface area contributed by atoms with Crippen molar-refractivity contribution in [3.8, 4) is 11.1 Å². The number of hydrogen-bond donors (Lipinski definition) is 2. The van der Waals surface area contributed by atoms with Crippen LogP contribution in [0.3, 0.4) is 0 Å². The van der Waals surface area contributed by atoms with Crippen molar-refractivity contribution in [2.75, 3.05) is 5.32 Å². The molecule has 0 aliphatic heterocycles. The Morgan fingerprint density at radius 1 is 1.15 bits per heavy atom. The molecule has 3 N–H and O–H groups in total. The van der Waals surface area contributed by atoms with E-state index in [1.807, 2.05) is 44.2 Å². The number of carbonyl (C=O) groups is 1. The standard InChI is InChI=1S/C22H29N3O2/c1-14-4-6-18(7-5-14)21(23)22(26)24-19-10-8-17(9-11-19)20-15(2)12-13-25(27)16(20)3/h8-14,18,21H,4-7,23H2,1-3H3,(H,24,26)/t14?,18?,21-/m0/s1. The molecule has 0 bridgehead atoms. The van der Waals surface area contributed by atoms with Crippen molar-refractivity contribution in [1.82, 2.24) is 0 Å². The minimum absolute atomic E-state index is 0.119. The number of rotatable bonds is 4. The minimum Gasteiger partial charge on any atom is -0.618 e. The molecule has 0 spiro atoms. The lowest BCUT2D eigenvalue weighted by atomic mass is 9.79. The van der Waals surface area contributed by atoms with Crippen molar-refractivity contribution in [3.63, 3.8) is 0 Å². The third-order valence-electron chi connectivity index (χ3n) is 5.86. The number of hydrogen-bond acceptors (Lipinski definition) is 3. The molecular formula is C22H29N3O2. The van der Waals surface area contributed by atoms with E-state index >= 15 is 0 Å². The van der Waals surface area contributed by atoms with E-state index in [9.17, 15) is 10.0 Å². The summed E-state index contributed by atoms with van der Waals surface area (Å²) < 4.78 is 0.877. The summed E-state index contributed by atoms with van der Waals surface area (Å²) in [5.41, 5.74) is 10.5. The Balaban J connectivity index is 1.69. The molecule has 144 valence electrons. The average molecular weight is 367 g/mol. The van der Waals surface area contributed by atoms with Gasteiger partial charge in [-0.3, -0.25) is 4.79 Å². The average Bonchev–Trinajstić information content (AvgIpc) is 2.66. The van der Waals surface area contributed by atoms with Crippen LogP contribution in [0.5, 0.6) is 0 Å². The maximum Gasteiger partial charge on any atom is 0.241 e. The number of amides is 1. The highest BCUT2D eigenvalue weighted by atomic mass is 16.5. The number of carbonyl (C=O) groups excluding carboxylic acids is 1. The molecule has 2 aromatic rings. The van der Waals surface area contributed by atoms with Crippen LogP contribution in [0.2, 0.25) is 0 Å². The van der Waals surface area contributed by atoms with Crippen molar-refractivity contribution in [3.05, 3.63) is 53.0 Å². The molecule has 1 fully saturated rings. The molecule has 0 radical (unpaired) electrons. The highest BCUT2D eigenvalue weighted by Gasteiger charge is 2.28. The molecule has 1 aromatic carbocycles. The smallest absolute Gasteiger partial charge is 0.241 e. The number of anilines is 1. The summed E-state index contributed by atoms with van der Waals surface area (Å²) in [5.74, 6) is 0.885. The first-order valence-corrected chi connectivity index (χ1v) is 9.73. The third-order valence-corrected chi connectivity index (χ3v) is 5.86. The van der Waals surface area contributed by atoms with Gasteiger partial charge in [0.15, 0.2) is 11.9 Å². The van der Waals surface area contributed by atoms with Gasteiger partial charge in [0, 0.05) is 18.7 Å². The summed E-state index contributed by atoms with van der Waals surface area (Å²) in [7, 11) is 0. The van der Waals surface area contributed by atoms with E-state index in [2.05, 4.69) is 12.2 Å². The van der Waals surface area contributed by atoms with Crippen LogP contribution in [0.1, 0.15) is 43.9 Å². The number of nitrogens with two attached hydrogens (primary N) is 1. The third kappa shape index (κ3) is 4.30.